The van der Waals surface area contributed by atoms with Gasteiger partial charge in [-0.3, -0.25) is 4.79 Å². The van der Waals surface area contributed by atoms with Crippen molar-refractivity contribution in [2.45, 2.75) is 6.18 Å². The first-order valence-corrected chi connectivity index (χ1v) is 7.08. The number of hydrogen-bond donors (Lipinski definition) is 2. The Balaban J connectivity index is 1.94. The number of carbonyl (C=O) groups excluding carboxylic acids is 1. The summed E-state index contributed by atoms with van der Waals surface area (Å²) in [6, 6.07) is 6.45. The van der Waals surface area contributed by atoms with Crippen LogP contribution in [0.5, 0.6) is 0 Å². The van der Waals surface area contributed by atoms with Crippen molar-refractivity contribution < 1.29 is 22.4 Å². The molecule has 1 heterocycles. The largest absolute Gasteiger partial charge is 0.416 e. The number of alkyl halides is 3. The first kappa shape index (κ1) is 16.3. The first-order chi connectivity index (χ1) is 11.3. The normalized spacial score (nSPS) is 11.7. The number of H-pyrrole nitrogens is 1. The van der Waals surface area contributed by atoms with Crippen LogP contribution in [0, 0.1) is 5.82 Å². The molecule has 0 aliphatic heterocycles. The lowest BCUT2D eigenvalue weighted by Crippen LogP contribution is -2.13. The molecule has 0 aliphatic carbocycles. The maximum Gasteiger partial charge on any atom is 0.416 e. The fraction of sp³-hybridized carbons (Fsp3) is 0.0625. The van der Waals surface area contributed by atoms with E-state index in [-0.39, 0.29) is 16.3 Å². The van der Waals surface area contributed by atoms with E-state index < -0.39 is 23.5 Å². The highest BCUT2D eigenvalue weighted by Crippen LogP contribution is 2.34. The van der Waals surface area contributed by atoms with Gasteiger partial charge in [-0.05, 0) is 36.4 Å². The molecule has 0 saturated carbocycles. The second-order valence-electron chi connectivity index (χ2n) is 5.04. The van der Waals surface area contributed by atoms with Crippen LogP contribution in [0.4, 0.5) is 23.2 Å². The zero-order valence-corrected chi connectivity index (χ0v) is 12.6. The Morgan fingerprint density at radius 2 is 1.88 bits per heavy atom. The number of anilines is 1. The highest BCUT2D eigenvalue weighted by atomic mass is 35.5. The van der Waals surface area contributed by atoms with E-state index in [9.17, 15) is 22.4 Å². The van der Waals surface area contributed by atoms with E-state index in [4.69, 9.17) is 11.6 Å². The Bertz CT molecular complexity index is 933. The minimum absolute atomic E-state index is 0.0257. The lowest BCUT2D eigenvalue weighted by molar-refractivity contribution is -0.137. The van der Waals surface area contributed by atoms with E-state index in [0.717, 1.165) is 18.2 Å². The molecule has 8 heteroatoms. The van der Waals surface area contributed by atoms with Gasteiger partial charge < -0.3 is 10.3 Å². The molecule has 3 rings (SSSR count). The molecular weight excluding hydrogens is 348 g/mol. The second kappa shape index (κ2) is 5.83. The number of hydrogen-bond acceptors (Lipinski definition) is 1. The number of aromatic amines is 1. The van der Waals surface area contributed by atoms with Crippen molar-refractivity contribution in [1.29, 1.82) is 0 Å². The molecule has 0 radical (unpaired) electrons. The van der Waals surface area contributed by atoms with Crippen LogP contribution in [0.1, 0.15) is 15.9 Å². The number of amides is 1. The minimum atomic E-state index is -4.55. The molecular formula is C16H9ClF4N2O. The fourth-order valence-electron chi connectivity index (χ4n) is 2.27. The van der Waals surface area contributed by atoms with E-state index in [1.807, 2.05) is 0 Å². The Labute approximate surface area is 138 Å². The number of nitrogens with one attached hydrogen (secondary N) is 2. The zero-order chi connectivity index (χ0) is 17.5. The number of benzene rings is 2. The predicted molar refractivity (Wildman–Crippen MR) is 82.7 cm³/mol. The highest BCUT2D eigenvalue weighted by Gasteiger charge is 2.31. The summed E-state index contributed by atoms with van der Waals surface area (Å²) in [5.41, 5.74) is -0.523. The minimum Gasteiger partial charge on any atom is -0.360 e. The fourth-order valence-corrected chi connectivity index (χ4v) is 2.44. The Morgan fingerprint density at radius 3 is 2.58 bits per heavy atom. The molecule has 1 aromatic heterocycles. The van der Waals surface area contributed by atoms with E-state index in [0.29, 0.717) is 10.9 Å². The molecule has 124 valence electrons. The maximum atomic E-state index is 13.2. The van der Waals surface area contributed by atoms with Crippen LogP contribution in [0.2, 0.25) is 5.02 Å². The third-order valence-corrected chi connectivity index (χ3v) is 3.76. The molecule has 3 aromatic rings. The second-order valence-corrected chi connectivity index (χ2v) is 5.45. The number of fused-ring (bicyclic) bond motifs is 1. The van der Waals surface area contributed by atoms with Gasteiger partial charge in [0.25, 0.3) is 5.91 Å². The van der Waals surface area contributed by atoms with Gasteiger partial charge in [0, 0.05) is 17.1 Å². The standard InChI is InChI=1S/C16H9ClF4N2O/c17-12-4-1-8(16(19,20)21)5-14(12)23-15(24)11-7-22-13-6-9(18)2-3-10(11)13/h1-7,22H,(H,23,24). The summed E-state index contributed by atoms with van der Waals surface area (Å²) < 4.78 is 51.4. The molecule has 2 aromatic carbocycles. The van der Waals surface area contributed by atoms with Crippen molar-refractivity contribution in [2.24, 2.45) is 0 Å². The molecule has 1 amide bonds. The van der Waals surface area contributed by atoms with Gasteiger partial charge in [0.2, 0.25) is 0 Å². The summed E-state index contributed by atoms with van der Waals surface area (Å²) in [5.74, 6) is -1.13. The van der Waals surface area contributed by atoms with Gasteiger partial charge in [0.05, 0.1) is 21.8 Å². The molecule has 2 N–H and O–H groups in total. The Kier molecular flexibility index (Phi) is 3.96. The average molecular weight is 357 g/mol. The van der Waals surface area contributed by atoms with Crippen LogP contribution in [0.25, 0.3) is 10.9 Å². The van der Waals surface area contributed by atoms with Crippen molar-refractivity contribution in [3.05, 3.63) is 64.6 Å². The molecule has 24 heavy (non-hydrogen) atoms. The summed E-state index contributed by atoms with van der Waals surface area (Å²) in [5, 5.41) is 2.76. The van der Waals surface area contributed by atoms with Gasteiger partial charge in [-0.1, -0.05) is 11.6 Å². The van der Waals surface area contributed by atoms with Crippen molar-refractivity contribution in [3.8, 4) is 0 Å². The van der Waals surface area contributed by atoms with Gasteiger partial charge in [0.15, 0.2) is 0 Å². The van der Waals surface area contributed by atoms with Crippen LogP contribution >= 0.6 is 11.6 Å². The summed E-state index contributed by atoms with van der Waals surface area (Å²) in [7, 11) is 0. The molecule has 0 saturated heterocycles. The molecule has 0 fully saturated rings. The van der Waals surface area contributed by atoms with Crippen LogP contribution in [-0.4, -0.2) is 10.9 Å². The molecule has 0 atom stereocenters. The Morgan fingerprint density at radius 1 is 1.12 bits per heavy atom. The monoisotopic (exact) mass is 356 g/mol. The maximum absolute atomic E-state index is 13.2. The summed E-state index contributed by atoms with van der Waals surface area (Å²) in [6.07, 6.45) is -3.21. The summed E-state index contributed by atoms with van der Waals surface area (Å²) >= 11 is 5.85. The SMILES string of the molecule is O=C(Nc1cc(C(F)(F)F)ccc1Cl)c1c[nH]c2cc(F)ccc12. The third-order valence-electron chi connectivity index (χ3n) is 3.43. The Hall–Kier alpha value is -2.54. The van der Waals surface area contributed by atoms with E-state index >= 15 is 0 Å². The van der Waals surface area contributed by atoms with Gasteiger partial charge in [-0.25, -0.2) is 4.39 Å². The quantitative estimate of drug-likeness (QED) is 0.607. The zero-order valence-electron chi connectivity index (χ0n) is 11.8. The van der Waals surface area contributed by atoms with Crippen molar-refractivity contribution in [1.82, 2.24) is 4.98 Å². The molecule has 3 nitrogen and oxygen atoms in total. The van der Waals surface area contributed by atoms with E-state index in [1.54, 1.807) is 0 Å². The third kappa shape index (κ3) is 3.07. The van der Waals surface area contributed by atoms with Crippen molar-refractivity contribution >= 4 is 34.1 Å². The number of rotatable bonds is 2. The smallest absolute Gasteiger partial charge is 0.360 e. The number of halogens is 5. The molecule has 0 bridgehead atoms. The lowest BCUT2D eigenvalue weighted by atomic mass is 10.1. The van der Waals surface area contributed by atoms with Gasteiger partial charge >= 0.3 is 6.18 Å². The van der Waals surface area contributed by atoms with Crippen LogP contribution in [0.3, 0.4) is 0 Å². The van der Waals surface area contributed by atoms with Crippen molar-refractivity contribution in [3.63, 3.8) is 0 Å². The number of aromatic nitrogens is 1. The summed E-state index contributed by atoms with van der Waals surface area (Å²) in [6.45, 7) is 0. The lowest BCUT2D eigenvalue weighted by Gasteiger charge is -2.11. The van der Waals surface area contributed by atoms with Gasteiger partial charge in [0.1, 0.15) is 5.82 Å². The van der Waals surface area contributed by atoms with Crippen LogP contribution in [-0.2, 0) is 6.18 Å². The van der Waals surface area contributed by atoms with Crippen LogP contribution in [0.15, 0.2) is 42.6 Å². The summed E-state index contributed by atoms with van der Waals surface area (Å²) in [4.78, 5) is 15.1. The molecule has 0 aliphatic rings. The van der Waals surface area contributed by atoms with Gasteiger partial charge in [-0.15, -0.1) is 0 Å². The molecule has 0 spiro atoms. The topological polar surface area (TPSA) is 44.9 Å². The molecule has 0 unspecified atom stereocenters. The average Bonchev–Trinajstić information content (AvgIpc) is 2.91. The predicted octanol–water partition coefficient (Wildman–Crippen LogP) is 5.23. The highest BCUT2D eigenvalue weighted by molar-refractivity contribution is 6.34. The van der Waals surface area contributed by atoms with E-state index in [2.05, 4.69) is 10.3 Å². The van der Waals surface area contributed by atoms with Gasteiger partial charge in [-0.2, -0.15) is 13.2 Å². The van der Waals surface area contributed by atoms with Crippen LogP contribution < -0.4 is 5.32 Å². The first-order valence-electron chi connectivity index (χ1n) is 6.70. The van der Waals surface area contributed by atoms with Crippen molar-refractivity contribution in [2.75, 3.05) is 5.32 Å². The van der Waals surface area contributed by atoms with E-state index in [1.165, 1.54) is 24.4 Å². The number of carbonyl (C=O) groups is 1.